The lowest BCUT2D eigenvalue weighted by Crippen LogP contribution is -2.65. The van der Waals surface area contributed by atoms with Crippen molar-refractivity contribution in [3.63, 3.8) is 0 Å². The molecule has 3 unspecified atom stereocenters. The van der Waals surface area contributed by atoms with E-state index in [2.05, 4.69) is 10.7 Å². The van der Waals surface area contributed by atoms with E-state index in [1.54, 1.807) is 21.9 Å². The van der Waals surface area contributed by atoms with Gasteiger partial charge in [-0.05, 0) is 36.1 Å². The van der Waals surface area contributed by atoms with Gasteiger partial charge in [0.1, 0.15) is 12.4 Å². The van der Waals surface area contributed by atoms with E-state index in [1.165, 1.54) is 17.1 Å². The maximum Gasteiger partial charge on any atom is 0.337 e. The molecule has 2 aliphatic heterocycles. The SMILES string of the molecule is O=C(CN1NC2N(Cc3ccc(F)cc3)C(=O)C3CCCCC3N2C1=O)NCc1ccccc1. The summed E-state index contributed by atoms with van der Waals surface area (Å²) in [5.41, 5.74) is 4.84. The van der Waals surface area contributed by atoms with Crippen LogP contribution in [-0.2, 0) is 22.7 Å². The lowest BCUT2D eigenvalue weighted by Gasteiger charge is -2.48. The van der Waals surface area contributed by atoms with Crippen molar-refractivity contribution >= 4 is 17.8 Å². The van der Waals surface area contributed by atoms with Crippen LogP contribution in [-0.4, -0.2) is 51.5 Å². The first-order valence-corrected chi connectivity index (χ1v) is 11.7. The van der Waals surface area contributed by atoms with Crippen molar-refractivity contribution in [3.05, 3.63) is 71.5 Å². The minimum atomic E-state index is -0.675. The largest absolute Gasteiger partial charge is 0.350 e. The Kier molecular flexibility index (Phi) is 6.19. The standard InChI is InChI=1S/C25H28FN5O3/c26-19-12-10-18(11-13-19)15-29-23(33)20-8-4-5-9-21(20)31-24(29)28-30(25(31)34)16-22(32)27-14-17-6-2-1-3-7-17/h1-3,6-7,10-13,20-21,24,28H,4-5,8-9,14-16H2,(H,27,32). The van der Waals surface area contributed by atoms with Crippen molar-refractivity contribution in [2.75, 3.05) is 6.54 Å². The van der Waals surface area contributed by atoms with Crippen LogP contribution >= 0.6 is 0 Å². The summed E-state index contributed by atoms with van der Waals surface area (Å²) >= 11 is 0. The fourth-order valence-electron chi connectivity index (χ4n) is 5.17. The minimum absolute atomic E-state index is 0.00838. The molecule has 2 saturated heterocycles. The number of nitrogens with zero attached hydrogens (tertiary/aromatic N) is 3. The van der Waals surface area contributed by atoms with E-state index in [0.717, 1.165) is 36.8 Å². The van der Waals surface area contributed by atoms with Crippen molar-refractivity contribution in [3.8, 4) is 0 Å². The van der Waals surface area contributed by atoms with Gasteiger partial charge < -0.3 is 10.2 Å². The van der Waals surface area contributed by atoms with Crippen LogP contribution in [0.2, 0.25) is 0 Å². The summed E-state index contributed by atoms with van der Waals surface area (Å²) in [6, 6.07) is 15.1. The molecule has 5 rings (SSSR count). The molecule has 3 atom stereocenters. The summed E-state index contributed by atoms with van der Waals surface area (Å²) in [5, 5.41) is 4.14. The normalized spacial score (nSPS) is 24.1. The Bertz CT molecular complexity index is 1060. The predicted octanol–water partition coefficient (Wildman–Crippen LogP) is 2.57. The molecular formula is C25H28FN5O3. The Morgan fingerprint density at radius 2 is 1.74 bits per heavy atom. The maximum absolute atomic E-state index is 13.4. The number of halogens is 1. The quantitative estimate of drug-likeness (QED) is 0.687. The van der Waals surface area contributed by atoms with Gasteiger partial charge in [0.05, 0.1) is 5.92 Å². The molecular weight excluding hydrogens is 437 g/mol. The van der Waals surface area contributed by atoms with Crippen LogP contribution in [0.25, 0.3) is 0 Å². The number of hydrogen-bond acceptors (Lipinski definition) is 4. The molecule has 2 heterocycles. The van der Waals surface area contributed by atoms with Gasteiger partial charge in [-0.25, -0.2) is 14.2 Å². The minimum Gasteiger partial charge on any atom is -0.350 e. The fraction of sp³-hybridized carbons (Fsp3) is 0.400. The monoisotopic (exact) mass is 465 g/mol. The first kappa shape index (κ1) is 22.3. The Labute approximate surface area is 197 Å². The van der Waals surface area contributed by atoms with E-state index in [9.17, 15) is 18.8 Å². The van der Waals surface area contributed by atoms with E-state index >= 15 is 0 Å². The molecule has 9 heteroatoms. The van der Waals surface area contributed by atoms with Crippen LogP contribution in [0, 0.1) is 11.7 Å². The number of carbonyl (C=O) groups excluding carboxylic acids is 3. The molecule has 34 heavy (non-hydrogen) atoms. The third-order valence-corrected chi connectivity index (χ3v) is 6.87. The highest BCUT2D eigenvalue weighted by molar-refractivity contribution is 5.88. The predicted molar refractivity (Wildman–Crippen MR) is 122 cm³/mol. The van der Waals surface area contributed by atoms with Gasteiger partial charge in [0.2, 0.25) is 11.8 Å². The van der Waals surface area contributed by atoms with Gasteiger partial charge >= 0.3 is 6.03 Å². The third-order valence-electron chi connectivity index (χ3n) is 6.87. The molecule has 0 aromatic heterocycles. The fourth-order valence-corrected chi connectivity index (χ4v) is 5.17. The summed E-state index contributed by atoms with van der Waals surface area (Å²) in [6.45, 7) is 0.460. The van der Waals surface area contributed by atoms with Crippen LogP contribution < -0.4 is 10.7 Å². The molecule has 0 radical (unpaired) electrons. The third kappa shape index (κ3) is 4.35. The van der Waals surface area contributed by atoms with E-state index in [-0.39, 0.29) is 48.7 Å². The molecule has 2 N–H and O–H groups in total. The van der Waals surface area contributed by atoms with Gasteiger partial charge in [-0.15, -0.1) is 0 Å². The molecule has 2 aromatic carbocycles. The van der Waals surface area contributed by atoms with E-state index in [0.29, 0.717) is 6.54 Å². The van der Waals surface area contributed by atoms with Crippen molar-refractivity contribution in [1.29, 1.82) is 0 Å². The van der Waals surface area contributed by atoms with Crippen LogP contribution in [0.15, 0.2) is 54.6 Å². The van der Waals surface area contributed by atoms with Gasteiger partial charge in [-0.2, -0.15) is 5.43 Å². The number of hydrogen-bond donors (Lipinski definition) is 2. The lowest BCUT2D eigenvalue weighted by atomic mass is 9.81. The van der Waals surface area contributed by atoms with E-state index in [4.69, 9.17) is 0 Å². The van der Waals surface area contributed by atoms with Crippen molar-refractivity contribution in [2.45, 2.75) is 51.1 Å². The van der Waals surface area contributed by atoms with E-state index in [1.807, 2.05) is 30.3 Å². The number of benzene rings is 2. The van der Waals surface area contributed by atoms with Crippen molar-refractivity contribution in [2.24, 2.45) is 5.92 Å². The number of urea groups is 1. The zero-order chi connectivity index (χ0) is 23.7. The number of amides is 4. The van der Waals surface area contributed by atoms with Gasteiger partial charge in [0.25, 0.3) is 0 Å². The van der Waals surface area contributed by atoms with Crippen LogP contribution in [0.5, 0.6) is 0 Å². The highest BCUT2D eigenvalue weighted by atomic mass is 19.1. The number of nitrogens with one attached hydrogen (secondary N) is 2. The van der Waals surface area contributed by atoms with Gasteiger partial charge in [-0.3, -0.25) is 14.5 Å². The van der Waals surface area contributed by atoms with Gasteiger partial charge in [-0.1, -0.05) is 55.3 Å². The average molecular weight is 466 g/mol. The Morgan fingerprint density at radius 1 is 1.00 bits per heavy atom. The molecule has 0 bridgehead atoms. The summed E-state index contributed by atoms with van der Waals surface area (Å²) < 4.78 is 13.4. The molecule has 3 aliphatic rings. The van der Waals surface area contributed by atoms with Crippen molar-refractivity contribution < 1.29 is 18.8 Å². The smallest absolute Gasteiger partial charge is 0.337 e. The highest BCUT2D eigenvalue weighted by Gasteiger charge is 2.54. The summed E-state index contributed by atoms with van der Waals surface area (Å²) in [6.07, 6.45) is 2.73. The Hall–Kier alpha value is -3.46. The summed E-state index contributed by atoms with van der Waals surface area (Å²) in [4.78, 5) is 42.8. The maximum atomic E-state index is 13.4. The molecule has 2 aromatic rings. The summed E-state index contributed by atoms with van der Waals surface area (Å²) in [5.74, 6) is -0.903. The molecule has 8 nitrogen and oxygen atoms in total. The second-order valence-electron chi connectivity index (χ2n) is 9.09. The van der Waals surface area contributed by atoms with Crippen LogP contribution in [0.4, 0.5) is 9.18 Å². The number of carbonyl (C=O) groups is 3. The summed E-state index contributed by atoms with van der Waals surface area (Å²) in [7, 11) is 0. The second kappa shape index (κ2) is 9.42. The lowest BCUT2D eigenvalue weighted by molar-refractivity contribution is -0.157. The molecule has 178 valence electrons. The van der Waals surface area contributed by atoms with Gasteiger partial charge in [0.15, 0.2) is 6.29 Å². The first-order valence-electron chi connectivity index (χ1n) is 11.7. The molecule has 0 spiro atoms. The topological polar surface area (TPSA) is 85.0 Å². The Balaban J connectivity index is 1.32. The van der Waals surface area contributed by atoms with Crippen LogP contribution in [0.3, 0.4) is 0 Å². The van der Waals surface area contributed by atoms with Crippen LogP contribution in [0.1, 0.15) is 36.8 Å². The zero-order valence-electron chi connectivity index (χ0n) is 18.8. The Morgan fingerprint density at radius 3 is 2.50 bits per heavy atom. The number of fused-ring (bicyclic) bond motifs is 3. The van der Waals surface area contributed by atoms with Crippen molar-refractivity contribution in [1.82, 2.24) is 25.6 Å². The molecule has 1 saturated carbocycles. The van der Waals surface area contributed by atoms with Gasteiger partial charge in [0, 0.05) is 19.1 Å². The average Bonchev–Trinajstić information content (AvgIpc) is 3.18. The number of hydrazine groups is 1. The van der Waals surface area contributed by atoms with E-state index < -0.39 is 6.29 Å². The first-order chi connectivity index (χ1) is 16.5. The molecule has 1 aliphatic carbocycles. The second-order valence-corrected chi connectivity index (χ2v) is 9.09. The number of rotatable bonds is 6. The zero-order valence-corrected chi connectivity index (χ0v) is 18.8. The molecule has 4 amide bonds. The molecule has 3 fully saturated rings. The highest BCUT2D eigenvalue weighted by Crippen LogP contribution is 2.38.